The van der Waals surface area contributed by atoms with Gasteiger partial charge in [0.2, 0.25) is 5.88 Å². The Kier molecular flexibility index (Phi) is 5.34. The van der Waals surface area contributed by atoms with Crippen molar-refractivity contribution < 1.29 is 14.6 Å². The Bertz CT molecular complexity index is 1040. The Labute approximate surface area is 167 Å². The Balaban J connectivity index is 1.45. The molecule has 29 heavy (non-hydrogen) atoms. The number of aliphatic hydroxyl groups excluding tert-OH is 1. The average Bonchev–Trinajstić information content (AvgIpc) is 3.04. The lowest BCUT2D eigenvalue weighted by molar-refractivity contribution is 0.170. The van der Waals surface area contributed by atoms with E-state index >= 15 is 0 Å². The van der Waals surface area contributed by atoms with Crippen LogP contribution < -0.4 is 20.1 Å². The van der Waals surface area contributed by atoms with Crippen LogP contribution in [0.5, 0.6) is 11.6 Å². The first-order valence-electron chi connectivity index (χ1n) is 9.58. The number of hydrogen-bond acceptors (Lipinski definition) is 8. The van der Waals surface area contributed by atoms with Gasteiger partial charge in [-0.05, 0) is 13.0 Å². The van der Waals surface area contributed by atoms with E-state index in [-0.39, 0.29) is 24.9 Å². The molecule has 0 radical (unpaired) electrons. The topological polar surface area (TPSA) is 107 Å². The monoisotopic (exact) mass is 400 g/mol. The summed E-state index contributed by atoms with van der Waals surface area (Å²) in [6.45, 7) is 3.52. The van der Waals surface area contributed by atoms with E-state index in [2.05, 4.69) is 20.0 Å². The van der Waals surface area contributed by atoms with E-state index in [1.165, 1.54) is 9.08 Å². The second-order valence-corrected chi connectivity index (χ2v) is 6.99. The Hall–Kier alpha value is -3.14. The molecule has 0 bridgehead atoms. The molecule has 1 aliphatic heterocycles. The minimum Gasteiger partial charge on any atom is -0.489 e. The van der Waals surface area contributed by atoms with Crippen molar-refractivity contribution in [1.29, 1.82) is 0 Å². The van der Waals surface area contributed by atoms with Crippen molar-refractivity contribution in [2.24, 2.45) is 0 Å². The fraction of sp³-hybridized carbons (Fsp3) is 0.474. The number of aliphatic hydroxyl groups is 1. The van der Waals surface area contributed by atoms with E-state index in [0.29, 0.717) is 11.7 Å². The van der Waals surface area contributed by atoms with Crippen LogP contribution in [0.2, 0.25) is 0 Å². The summed E-state index contributed by atoms with van der Waals surface area (Å²) >= 11 is 0. The van der Waals surface area contributed by atoms with Crippen LogP contribution in [-0.4, -0.2) is 62.2 Å². The molecular formula is C19H24N6O4. The van der Waals surface area contributed by atoms with Crippen LogP contribution in [0, 0.1) is 6.92 Å². The molecule has 4 rings (SSSR count). The lowest BCUT2D eigenvalue weighted by Gasteiger charge is -2.33. The zero-order chi connectivity index (χ0) is 20.4. The molecule has 1 N–H and O–H groups in total. The highest BCUT2D eigenvalue weighted by Gasteiger charge is 2.24. The molecule has 0 saturated carbocycles. The predicted molar refractivity (Wildman–Crippen MR) is 106 cm³/mol. The van der Waals surface area contributed by atoms with Crippen molar-refractivity contribution in [3.05, 3.63) is 40.6 Å². The highest BCUT2D eigenvalue weighted by molar-refractivity contribution is 5.50. The smallest absolute Gasteiger partial charge is 0.351 e. The normalized spacial score (nSPS) is 15.1. The lowest BCUT2D eigenvalue weighted by atomic mass is 10.1. The number of aryl methyl sites for hydroxylation is 1. The fourth-order valence-electron chi connectivity index (χ4n) is 3.53. The number of methoxy groups -OCH3 is 1. The van der Waals surface area contributed by atoms with Crippen LogP contribution in [0.25, 0.3) is 5.78 Å². The maximum Gasteiger partial charge on any atom is 0.351 e. The molecule has 1 aliphatic rings. The fourth-order valence-corrected chi connectivity index (χ4v) is 3.53. The number of pyridine rings is 1. The van der Waals surface area contributed by atoms with Crippen molar-refractivity contribution in [2.45, 2.75) is 32.4 Å². The molecule has 0 amide bonds. The third-order valence-corrected chi connectivity index (χ3v) is 5.01. The van der Waals surface area contributed by atoms with E-state index in [0.717, 1.165) is 43.1 Å². The third-order valence-electron chi connectivity index (χ3n) is 5.01. The molecule has 10 nitrogen and oxygen atoms in total. The molecule has 154 valence electrons. The van der Waals surface area contributed by atoms with Gasteiger partial charge in [0.25, 0.3) is 5.78 Å². The molecule has 0 spiro atoms. The quantitative estimate of drug-likeness (QED) is 0.643. The number of fused-ring (bicyclic) bond motifs is 1. The SMILES string of the molecule is COc1ccc(OC2CCN(c3nc4nn(CCO)c(=O)n4cc3C)CC2)cn1. The molecule has 0 atom stereocenters. The van der Waals surface area contributed by atoms with Gasteiger partial charge in [-0.15, -0.1) is 5.10 Å². The first-order valence-corrected chi connectivity index (χ1v) is 9.58. The molecule has 1 fully saturated rings. The Morgan fingerprint density at radius 1 is 1.28 bits per heavy atom. The minimum absolute atomic E-state index is 0.108. The summed E-state index contributed by atoms with van der Waals surface area (Å²) < 4.78 is 13.7. The maximum atomic E-state index is 12.3. The van der Waals surface area contributed by atoms with Crippen LogP contribution >= 0.6 is 0 Å². The van der Waals surface area contributed by atoms with Gasteiger partial charge in [0, 0.05) is 43.8 Å². The van der Waals surface area contributed by atoms with E-state index in [4.69, 9.17) is 14.6 Å². The molecule has 0 unspecified atom stereocenters. The van der Waals surface area contributed by atoms with Crippen molar-refractivity contribution in [3.63, 3.8) is 0 Å². The van der Waals surface area contributed by atoms with Gasteiger partial charge in [-0.3, -0.25) is 0 Å². The lowest BCUT2D eigenvalue weighted by Crippen LogP contribution is -2.39. The molecule has 3 aromatic heterocycles. The summed E-state index contributed by atoms with van der Waals surface area (Å²) in [5.74, 6) is 2.45. The maximum absolute atomic E-state index is 12.3. The van der Waals surface area contributed by atoms with Crippen molar-refractivity contribution in [2.75, 3.05) is 31.7 Å². The Morgan fingerprint density at radius 3 is 2.72 bits per heavy atom. The molecule has 10 heteroatoms. The summed E-state index contributed by atoms with van der Waals surface area (Å²) in [5.41, 5.74) is 0.610. The molecule has 3 aromatic rings. The van der Waals surface area contributed by atoms with Gasteiger partial charge in [0.05, 0.1) is 26.5 Å². The standard InChI is InChI=1S/C19H24N6O4/c1-13-12-24-18(22-25(9-10-26)19(24)27)21-17(13)23-7-5-14(6-8-23)29-15-3-4-16(28-2)20-11-15/h3-4,11-12,14,26H,5-10H2,1-2H3. The van der Waals surface area contributed by atoms with Gasteiger partial charge in [0.15, 0.2) is 0 Å². The number of piperidine rings is 1. The highest BCUT2D eigenvalue weighted by atomic mass is 16.5. The van der Waals surface area contributed by atoms with Crippen LogP contribution in [0.4, 0.5) is 5.82 Å². The summed E-state index contributed by atoms with van der Waals surface area (Å²) in [4.78, 5) is 23.2. The molecule has 4 heterocycles. The first kappa shape index (κ1) is 19.2. The van der Waals surface area contributed by atoms with E-state index in [1.54, 1.807) is 25.6 Å². The number of aromatic nitrogens is 5. The second kappa shape index (κ2) is 8.08. The van der Waals surface area contributed by atoms with Crippen molar-refractivity contribution in [1.82, 2.24) is 24.1 Å². The van der Waals surface area contributed by atoms with E-state index in [9.17, 15) is 4.79 Å². The minimum atomic E-state index is -0.295. The number of nitrogens with zero attached hydrogens (tertiary/aromatic N) is 6. The van der Waals surface area contributed by atoms with Gasteiger partial charge in [0.1, 0.15) is 17.7 Å². The van der Waals surface area contributed by atoms with Crippen molar-refractivity contribution >= 4 is 11.6 Å². The number of rotatable bonds is 6. The third kappa shape index (κ3) is 3.88. The average molecular weight is 400 g/mol. The van der Waals surface area contributed by atoms with E-state index < -0.39 is 0 Å². The van der Waals surface area contributed by atoms with Gasteiger partial charge < -0.3 is 19.5 Å². The van der Waals surface area contributed by atoms with E-state index in [1.807, 2.05) is 13.0 Å². The Morgan fingerprint density at radius 2 is 2.07 bits per heavy atom. The molecule has 0 aromatic carbocycles. The van der Waals surface area contributed by atoms with Crippen molar-refractivity contribution in [3.8, 4) is 11.6 Å². The van der Waals surface area contributed by atoms with Crippen LogP contribution in [0.3, 0.4) is 0 Å². The highest BCUT2D eigenvalue weighted by Crippen LogP contribution is 2.24. The number of anilines is 1. The zero-order valence-electron chi connectivity index (χ0n) is 16.5. The second-order valence-electron chi connectivity index (χ2n) is 6.99. The largest absolute Gasteiger partial charge is 0.489 e. The molecule has 1 saturated heterocycles. The summed E-state index contributed by atoms with van der Waals surface area (Å²) in [6, 6.07) is 3.64. The van der Waals surface area contributed by atoms with Gasteiger partial charge in [-0.25, -0.2) is 18.9 Å². The van der Waals surface area contributed by atoms with Crippen LogP contribution in [0.1, 0.15) is 18.4 Å². The van der Waals surface area contributed by atoms with Crippen LogP contribution in [0.15, 0.2) is 29.3 Å². The first-order chi connectivity index (χ1) is 14.1. The predicted octanol–water partition coefficient (Wildman–Crippen LogP) is 0.643. The molecular weight excluding hydrogens is 376 g/mol. The molecule has 0 aliphatic carbocycles. The number of hydrogen-bond donors (Lipinski definition) is 1. The van der Waals surface area contributed by atoms with Gasteiger partial charge >= 0.3 is 5.69 Å². The number of ether oxygens (including phenoxy) is 2. The summed E-state index contributed by atoms with van der Waals surface area (Å²) in [7, 11) is 1.58. The van der Waals surface area contributed by atoms with Gasteiger partial charge in [-0.2, -0.15) is 4.98 Å². The zero-order valence-corrected chi connectivity index (χ0v) is 16.5. The summed E-state index contributed by atoms with van der Waals surface area (Å²) in [6.07, 6.45) is 5.24. The summed E-state index contributed by atoms with van der Waals surface area (Å²) in [5, 5.41) is 13.3. The van der Waals surface area contributed by atoms with Crippen LogP contribution in [-0.2, 0) is 6.54 Å². The van der Waals surface area contributed by atoms with Gasteiger partial charge in [-0.1, -0.05) is 0 Å².